The Morgan fingerprint density at radius 3 is 3.00 bits per heavy atom. The predicted molar refractivity (Wildman–Crippen MR) is 74.7 cm³/mol. The second kappa shape index (κ2) is 4.93. The van der Waals surface area contributed by atoms with Crippen molar-refractivity contribution < 1.29 is 0 Å². The Balaban J connectivity index is 1.77. The molecule has 6 heteroatoms. The molecule has 1 aromatic carbocycles. The number of rotatable bonds is 4. The van der Waals surface area contributed by atoms with Crippen LogP contribution in [0.15, 0.2) is 42.9 Å². The molecular formula is C13H14N6. The SMILES string of the molecule is Nc1ccc2c(NCCn3ccnn3)ccnc2c1. The summed E-state index contributed by atoms with van der Waals surface area (Å²) in [5, 5.41) is 12.1. The van der Waals surface area contributed by atoms with Crippen molar-refractivity contribution in [2.24, 2.45) is 0 Å². The van der Waals surface area contributed by atoms with Crippen LogP contribution in [0.2, 0.25) is 0 Å². The molecule has 3 aromatic rings. The number of nitrogens with zero attached hydrogens (tertiary/aromatic N) is 4. The number of hydrogen-bond acceptors (Lipinski definition) is 5. The third-order valence-electron chi connectivity index (χ3n) is 2.90. The number of pyridine rings is 1. The van der Waals surface area contributed by atoms with Crippen molar-refractivity contribution in [3.8, 4) is 0 Å². The zero-order valence-electron chi connectivity index (χ0n) is 10.3. The van der Waals surface area contributed by atoms with Crippen molar-refractivity contribution in [1.29, 1.82) is 0 Å². The molecule has 0 saturated carbocycles. The Kier molecular flexibility index (Phi) is 2.97. The first-order valence-corrected chi connectivity index (χ1v) is 6.05. The zero-order chi connectivity index (χ0) is 13.1. The molecule has 0 aliphatic heterocycles. The fraction of sp³-hybridized carbons (Fsp3) is 0.154. The highest BCUT2D eigenvalue weighted by Gasteiger charge is 2.01. The molecule has 0 spiro atoms. The van der Waals surface area contributed by atoms with Gasteiger partial charge in [-0.3, -0.25) is 9.67 Å². The minimum absolute atomic E-state index is 0.722. The quantitative estimate of drug-likeness (QED) is 0.690. The number of hydrogen-bond donors (Lipinski definition) is 2. The van der Waals surface area contributed by atoms with E-state index in [0.29, 0.717) is 0 Å². The van der Waals surface area contributed by atoms with E-state index in [1.165, 1.54) is 0 Å². The lowest BCUT2D eigenvalue weighted by Crippen LogP contribution is -2.11. The molecule has 0 aliphatic carbocycles. The molecule has 0 atom stereocenters. The summed E-state index contributed by atoms with van der Waals surface area (Å²) in [7, 11) is 0. The molecule has 0 unspecified atom stereocenters. The summed E-state index contributed by atoms with van der Waals surface area (Å²) in [5.41, 5.74) is 8.42. The van der Waals surface area contributed by atoms with Crippen molar-refractivity contribution in [3.63, 3.8) is 0 Å². The minimum atomic E-state index is 0.722. The van der Waals surface area contributed by atoms with Gasteiger partial charge >= 0.3 is 0 Å². The zero-order valence-corrected chi connectivity index (χ0v) is 10.3. The first-order valence-electron chi connectivity index (χ1n) is 6.05. The summed E-state index contributed by atoms with van der Waals surface area (Å²) in [6.45, 7) is 1.53. The number of nitrogens with two attached hydrogens (primary N) is 1. The van der Waals surface area contributed by atoms with Crippen LogP contribution in [0, 0.1) is 0 Å². The largest absolute Gasteiger partial charge is 0.399 e. The van der Waals surface area contributed by atoms with E-state index in [2.05, 4.69) is 20.6 Å². The normalized spacial score (nSPS) is 10.7. The van der Waals surface area contributed by atoms with E-state index >= 15 is 0 Å². The molecule has 2 heterocycles. The van der Waals surface area contributed by atoms with Crippen LogP contribution in [-0.4, -0.2) is 26.5 Å². The first-order chi connectivity index (χ1) is 9.33. The topological polar surface area (TPSA) is 81.6 Å². The van der Waals surface area contributed by atoms with E-state index < -0.39 is 0 Å². The van der Waals surface area contributed by atoms with E-state index in [-0.39, 0.29) is 0 Å². The van der Waals surface area contributed by atoms with Gasteiger partial charge in [-0.05, 0) is 24.3 Å². The van der Waals surface area contributed by atoms with Gasteiger partial charge in [-0.25, -0.2) is 0 Å². The molecule has 19 heavy (non-hydrogen) atoms. The lowest BCUT2D eigenvalue weighted by molar-refractivity contribution is 0.609. The minimum Gasteiger partial charge on any atom is -0.399 e. The highest BCUT2D eigenvalue weighted by atomic mass is 15.4. The van der Waals surface area contributed by atoms with Crippen LogP contribution in [-0.2, 0) is 6.54 Å². The molecule has 6 nitrogen and oxygen atoms in total. The van der Waals surface area contributed by atoms with Crippen molar-refractivity contribution in [2.45, 2.75) is 6.54 Å². The lowest BCUT2D eigenvalue weighted by Gasteiger charge is -2.09. The third-order valence-corrected chi connectivity index (χ3v) is 2.90. The summed E-state index contributed by atoms with van der Waals surface area (Å²) in [6, 6.07) is 7.69. The van der Waals surface area contributed by atoms with Gasteiger partial charge in [0.1, 0.15) is 0 Å². The average Bonchev–Trinajstić information content (AvgIpc) is 2.92. The lowest BCUT2D eigenvalue weighted by atomic mass is 10.1. The maximum atomic E-state index is 5.76. The Morgan fingerprint density at radius 1 is 1.21 bits per heavy atom. The first kappa shape index (κ1) is 11.5. The van der Waals surface area contributed by atoms with Gasteiger partial charge < -0.3 is 11.1 Å². The molecule has 0 radical (unpaired) electrons. The van der Waals surface area contributed by atoms with Crippen molar-refractivity contribution >= 4 is 22.3 Å². The van der Waals surface area contributed by atoms with Gasteiger partial charge in [0.2, 0.25) is 0 Å². The number of aromatic nitrogens is 4. The highest BCUT2D eigenvalue weighted by molar-refractivity contribution is 5.92. The van der Waals surface area contributed by atoms with Crippen LogP contribution in [0.4, 0.5) is 11.4 Å². The van der Waals surface area contributed by atoms with Crippen LogP contribution in [0.5, 0.6) is 0 Å². The fourth-order valence-electron chi connectivity index (χ4n) is 1.98. The Morgan fingerprint density at radius 2 is 2.16 bits per heavy atom. The van der Waals surface area contributed by atoms with Crippen LogP contribution in [0.1, 0.15) is 0 Å². The number of anilines is 2. The van der Waals surface area contributed by atoms with Gasteiger partial charge in [0, 0.05) is 35.7 Å². The van der Waals surface area contributed by atoms with Gasteiger partial charge in [-0.2, -0.15) is 0 Å². The monoisotopic (exact) mass is 254 g/mol. The van der Waals surface area contributed by atoms with Crippen LogP contribution >= 0.6 is 0 Å². The predicted octanol–water partition coefficient (Wildman–Crippen LogP) is 1.52. The number of nitrogens with one attached hydrogen (secondary N) is 1. The molecule has 0 amide bonds. The van der Waals surface area contributed by atoms with Crippen LogP contribution in [0.3, 0.4) is 0 Å². The van der Waals surface area contributed by atoms with Crippen molar-refractivity contribution in [2.75, 3.05) is 17.6 Å². The highest BCUT2D eigenvalue weighted by Crippen LogP contribution is 2.22. The summed E-state index contributed by atoms with van der Waals surface area (Å²) in [5.74, 6) is 0. The maximum Gasteiger partial charge on any atom is 0.0743 e. The van der Waals surface area contributed by atoms with Crippen molar-refractivity contribution in [3.05, 3.63) is 42.9 Å². The van der Waals surface area contributed by atoms with Gasteiger partial charge in [-0.1, -0.05) is 5.21 Å². The fourth-order valence-corrected chi connectivity index (χ4v) is 1.98. The molecule has 2 aromatic heterocycles. The van der Waals surface area contributed by atoms with Gasteiger partial charge in [-0.15, -0.1) is 5.10 Å². The van der Waals surface area contributed by atoms with E-state index in [1.54, 1.807) is 17.1 Å². The summed E-state index contributed by atoms with van der Waals surface area (Å²) < 4.78 is 1.79. The van der Waals surface area contributed by atoms with Gasteiger partial charge in [0.25, 0.3) is 0 Å². The molecule has 0 saturated heterocycles. The molecule has 3 N–H and O–H groups in total. The van der Waals surface area contributed by atoms with Gasteiger partial charge in [0.15, 0.2) is 0 Å². The summed E-state index contributed by atoms with van der Waals surface area (Å²) >= 11 is 0. The van der Waals surface area contributed by atoms with E-state index in [0.717, 1.165) is 35.4 Å². The van der Waals surface area contributed by atoms with Gasteiger partial charge in [0.05, 0.1) is 18.3 Å². The molecule has 3 rings (SSSR count). The standard InChI is InChI=1S/C13H14N6/c14-10-1-2-11-12(3-4-15-13(11)9-10)16-5-7-19-8-6-17-18-19/h1-4,6,8-9H,5,7,14H2,(H,15,16). The molecule has 0 bridgehead atoms. The number of benzene rings is 1. The maximum absolute atomic E-state index is 5.76. The third kappa shape index (κ3) is 2.47. The average molecular weight is 254 g/mol. The van der Waals surface area contributed by atoms with Crippen LogP contribution in [0.25, 0.3) is 10.9 Å². The second-order valence-electron chi connectivity index (χ2n) is 4.23. The Labute approximate surface area is 110 Å². The molecule has 0 fully saturated rings. The number of nitrogen functional groups attached to an aromatic ring is 1. The smallest absolute Gasteiger partial charge is 0.0743 e. The Hall–Kier alpha value is -2.63. The molecule has 0 aliphatic rings. The van der Waals surface area contributed by atoms with E-state index in [1.807, 2.05) is 30.5 Å². The van der Waals surface area contributed by atoms with E-state index in [4.69, 9.17) is 5.73 Å². The molecule has 96 valence electrons. The Bertz CT molecular complexity index is 677. The van der Waals surface area contributed by atoms with Crippen LogP contribution < -0.4 is 11.1 Å². The summed E-state index contributed by atoms with van der Waals surface area (Å²) in [6.07, 6.45) is 5.29. The van der Waals surface area contributed by atoms with Crippen molar-refractivity contribution in [1.82, 2.24) is 20.0 Å². The second-order valence-corrected chi connectivity index (χ2v) is 4.23. The number of fused-ring (bicyclic) bond motifs is 1. The van der Waals surface area contributed by atoms with E-state index in [9.17, 15) is 0 Å². The summed E-state index contributed by atoms with van der Waals surface area (Å²) in [4.78, 5) is 4.31. The molecular weight excluding hydrogens is 240 g/mol.